The summed E-state index contributed by atoms with van der Waals surface area (Å²) in [6, 6.07) is 15.4. The third kappa shape index (κ3) is 5.30. The average molecular weight is 372 g/mol. The van der Waals surface area contributed by atoms with E-state index in [1.165, 1.54) is 0 Å². The van der Waals surface area contributed by atoms with Crippen molar-refractivity contribution in [2.24, 2.45) is 0 Å². The maximum Gasteiger partial charge on any atom is 0.251 e. The highest BCUT2D eigenvalue weighted by atomic mass is 32.2. The molecule has 1 aliphatic rings. The number of carbonyl (C=O) groups is 1. The summed E-state index contributed by atoms with van der Waals surface area (Å²) in [4.78, 5) is 19.1. The van der Waals surface area contributed by atoms with E-state index in [-0.39, 0.29) is 18.1 Å². The second-order valence-electron chi connectivity index (χ2n) is 6.33. The number of piperidine rings is 1. The van der Waals surface area contributed by atoms with Crippen molar-refractivity contribution in [3.8, 4) is 0 Å². The number of nitrogens with one attached hydrogen (secondary N) is 1. The van der Waals surface area contributed by atoms with Crippen LogP contribution in [0.1, 0.15) is 16.8 Å². The topological polar surface area (TPSA) is 54.5 Å². The van der Waals surface area contributed by atoms with Crippen molar-refractivity contribution in [3.63, 3.8) is 0 Å². The summed E-state index contributed by atoms with van der Waals surface area (Å²) >= 11 is 1.77. The van der Waals surface area contributed by atoms with E-state index in [2.05, 4.69) is 15.2 Å². The van der Waals surface area contributed by atoms with Crippen LogP contribution < -0.4 is 5.32 Å². The molecule has 1 N–H and O–H groups in total. The number of nitrogens with zero attached hydrogens (tertiary/aromatic N) is 2. The van der Waals surface area contributed by atoms with Crippen molar-refractivity contribution in [3.05, 3.63) is 60.3 Å². The number of rotatable bonds is 7. The number of methoxy groups -OCH3 is 1. The molecule has 1 aromatic heterocycles. The van der Waals surface area contributed by atoms with Gasteiger partial charge in [-0.1, -0.05) is 24.3 Å². The molecule has 0 aliphatic carbocycles. The zero-order chi connectivity index (χ0) is 18.2. The molecule has 1 aromatic carbocycles. The molecule has 2 aromatic rings. The van der Waals surface area contributed by atoms with Crippen molar-refractivity contribution < 1.29 is 9.53 Å². The molecule has 1 amide bonds. The van der Waals surface area contributed by atoms with Crippen LogP contribution in [0.2, 0.25) is 0 Å². The van der Waals surface area contributed by atoms with Crippen molar-refractivity contribution in [2.75, 3.05) is 32.5 Å². The van der Waals surface area contributed by atoms with E-state index in [1.54, 1.807) is 18.9 Å². The molecular formula is C20H25N3O2S. The van der Waals surface area contributed by atoms with E-state index in [1.807, 2.05) is 54.7 Å². The van der Waals surface area contributed by atoms with Crippen LogP contribution in [0.25, 0.3) is 0 Å². The van der Waals surface area contributed by atoms with Gasteiger partial charge in [-0.25, -0.2) is 4.98 Å². The lowest BCUT2D eigenvalue weighted by molar-refractivity contribution is 0.00837. The first-order valence-corrected chi connectivity index (χ1v) is 9.89. The first kappa shape index (κ1) is 18.9. The molecule has 6 heteroatoms. The lowest BCUT2D eigenvalue weighted by Gasteiger charge is -2.38. The first-order valence-electron chi connectivity index (χ1n) is 8.91. The van der Waals surface area contributed by atoms with E-state index in [4.69, 9.17) is 4.74 Å². The van der Waals surface area contributed by atoms with Gasteiger partial charge in [0.05, 0.1) is 17.2 Å². The number of hydrogen-bond acceptors (Lipinski definition) is 5. The Hall–Kier alpha value is -1.89. The lowest BCUT2D eigenvalue weighted by atomic mass is 10.0. The largest absolute Gasteiger partial charge is 0.378 e. The maximum atomic E-state index is 12.4. The SMILES string of the molecule is COC1CN(CCSc2ccccn2)CCC1NC(=O)c1ccccc1. The lowest BCUT2D eigenvalue weighted by Crippen LogP contribution is -2.55. The molecule has 0 radical (unpaired) electrons. The van der Waals surface area contributed by atoms with E-state index in [0.717, 1.165) is 36.8 Å². The predicted molar refractivity (Wildman–Crippen MR) is 105 cm³/mol. The average Bonchev–Trinajstić information content (AvgIpc) is 2.70. The number of amides is 1. The number of thioether (sulfide) groups is 1. The zero-order valence-electron chi connectivity index (χ0n) is 15.0. The number of ether oxygens (including phenoxy) is 1. The highest BCUT2D eigenvalue weighted by molar-refractivity contribution is 7.99. The smallest absolute Gasteiger partial charge is 0.251 e. The van der Waals surface area contributed by atoms with Crippen LogP contribution >= 0.6 is 11.8 Å². The van der Waals surface area contributed by atoms with Crippen LogP contribution in [-0.4, -0.2) is 60.4 Å². The summed E-state index contributed by atoms with van der Waals surface area (Å²) in [7, 11) is 1.72. The van der Waals surface area contributed by atoms with Crippen LogP contribution in [0, 0.1) is 0 Å². The van der Waals surface area contributed by atoms with Gasteiger partial charge in [-0.3, -0.25) is 9.69 Å². The summed E-state index contributed by atoms with van der Waals surface area (Å²) in [6.45, 7) is 2.78. The van der Waals surface area contributed by atoms with Crippen molar-refractivity contribution >= 4 is 17.7 Å². The summed E-state index contributed by atoms with van der Waals surface area (Å²) in [5, 5.41) is 4.19. The standard InChI is InChI=1S/C20H25N3O2S/c1-25-18-15-23(13-14-26-19-9-5-6-11-21-19)12-10-17(18)22-20(24)16-7-3-2-4-8-16/h2-9,11,17-18H,10,12-15H2,1H3,(H,22,24). The number of carbonyl (C=O) groups excluding carboxylic acids is 1. The highest BCUT2D eigenvalue weighted by Crippen LogP contribution is 2.18. The third-order valence-corrected chi connectivity index (χ3v) is 5.52. The van der Waals surface area contributed by atoms with Gasteiger partial charge in [0, 0.05) is 44.3 Å². The van der Waals surface area contributed by atoms with Crippen molar-refractivity contribution in [1.82, 2.24) is 15.2 Å². The number of aromatic nitrogens is 1. The van der Waals surface area contributed by atoms with Gasteiger partial charge < -0.3 is 10.1 Å². The Bertz CT molecular complexity index is 684. The molecule has 26 heavy (non-hydrogen) atoms. The quantitative estimate of drug-likeness (QED) is 0.759. The highest BCUT2D eigenvalue weighted by Gasteiger charge is 2.30. The normalized spacial score (nSPS) is 20.7. The van der Waals surface area contributed by atoms with E-state index in [0.29, 0.717) is 5.56 Å². The minimum atomic E-state index is -0.0307. The Morgan fingerprint density at radius 2 is 2.08 bits per heavy atom. The van der Waals surface area contributed by atoms with Crippen LogP contribution in [0.15, 0.2) is 59.8 Å². The molecule has 1 fully saturated rings. The summed E-state index contributed by atoms with van der Waals surface area (Å²) < 4.78 is 5.66. The fraction of sp³-hybridized carbons (Fsp3) is 0.400. The van der Waals surface area contributed by atoms with Gasteiger partial charge in [-0.05, 0) is 30.7 Å². The minimum absolute atomic E-state index is 0.0104. The molecule has 3 rings (SSSR count). The third-order valence-electron chi connectivity index (χ3n) is 4.59. The Morgan fingerprint density at radius 3 is 2.81 bits per heavy atom. The first-order chi connectivity index (χ1) is 12.8. The van der Waals surface area contributed by atoms with Gasteiger partial charge in [0.15, 0.2) is 0 Å². The number of likely N-dealkylation sites (tertiary alicyclic amines) is 1. The molecule has 1 saturated heterocycles. The van der Waals surface area contributed by atoms with Crippen molar-refractivity contribution in [1.29, 1.82) is 0 Å². The molecule has 2 heterocycles. The fourth-order valence-corrected chi connectivity index (χ4v) is 4.01. The van der Waals surface area contributed by atoms with Crippen LogP contribution in [0.5, 0.6) is 0 Å². The second-order valence-corrected chi connectivity index (χ2v) is 7.44. The van der Waals surface area contributed by atoms with Gasteiger partial charge in [0.25, 0.3) is 5.91 Å². The van der Waals surface area contributed by atoms with Crippen LogP contribution in [-0.2, 0) is 4.74 Å². The van der Waals surface area contributed by atoms with E-state index in [9.17, 15) is 4.79 Å². The number of pyridine rings is 1. The Morgan fingerprint density at radius 1 is 1.27 bits per heavy atom. The van der Waals surface area contributed by atoms with Gasteiger partial charge >= 0.3 is 0 Å². The Labute approximate surface area is 159 Å². The molecule has 5 nitrogen and oxygen atoms in total. The second kappa shape index (κ2) is 9.71. The number of benzene rings is 1. The van der Waals surface area contributed by atoms with Gasteiger partial charge in [-0.15, -0.1) is 11.8 Å². The Kier molecular flexibility index (Phi) is 7.05. The molecule has 138 valence electrons. The molecule has 1 aliphatic heterocycles. The predicted octanol–water partition coefficient (Wildman–Crippen LogP) is 2.69. The van der Waals surface area contributed by atoms with Crippen LogP contribution in [0.3, 0.4) is 0 Å². The summed E-state index contributed by atoms with van der Waals surface area (Å²) in [5.41, 5.74) is 0.691. The van der Waals surface area contributed by atoms with Gasteiger partial charge in [0.2, 0.25) is 0 Å². The summed E-state index contributed by atoms with van der Waals surface area (Å²) in [6.07, 6.45) is 2.73. The van der Waals surface area contributed by atoms with Crippen LogP contribution in [0.4, 0.5) is 0 Å². The Balaban J connectivity index is 1.46. The molecule has 0 saturated carbocycles. The zero-order valence-corrected chi connectivity index (χ0v) is 15.8. The summed E-state index contributed by atoms with van der Waals surface area (Å²) in [5.74, 6) is 0.964. The molecule has 2 unspecified atom stereocenters. The van der Waals surface area contributed by atoms with Crippen molar-refractivity contribution in [2.45, 2.75) is 23.6 Å². The van der Waals surface area contributed by atoms with E-state index < -0.39 is 0 Å². The fourth-order valence-electron chi connectivity index (χ4n) is 3.14. The maximum absolute atomic E-state index is 12.4. The molecule has 2 atom stereocenters. The molecule has 0 bridgehead atoms. The molecular weight excluding hydrogens is 346 g/mol. The minimum Gasteiger partial charge on any atom is -0.378 e. The monoisotopic (exact) mass is 371 g/mol. The van der Waals surface area contributed by atoms with Gasteiger partial charge in [-0.2, -0.15) is 0 Å². The van der Waals surface area contributed by atoms with Gasteiger partial charge in [0.1, 0.15) is 0 Å². The number of hydrogen-bond donors (Lipinski definition) is 1. The molecule has 0 spiro atoms. The van der Waals surface area contributed by atoms with E-state index >= 15 is 0 Å².